The highest BCUT2D eigenvalue weighted by Gasteiger charge is 2.46. The number of amides is 1. The minimum absolute atomic E-state index is 0.0617. The van der Waals surface area contributed by atoms with Crippen LogP contribution in [0.1, 0.15) is 6.42 Å². The number of carbonyl (C=O) groups is 1. The predicted molar refractivity (Wildman–Crippen MR) is 65.5 cm³/mol. The lowest BCUT2D eigenvalue weighted by atomic mass is 10.1. The van der Waals surface area contributed by atoms with E-state index in [2.05, 4.69) is 11.9 Å². The minimum atomic E-state index is -0.327. The maximum Gasteiger partial charge on any atom is 0.281 e. The van der Waals surface area contributed by atoms with Gasteiger partial charge in [0, 0.05) is 32.6 Å². The van der Waals surface area contributed by atoms with Gasteiger partial charge in [0.15, 0.2) is 6.04 Å². The van der Waals surface area contributed by atoms with E-state index < -0.39 is 0 Å². The van der Waals surface area contributed by atoms with E-state index in [4.69, 9.17) is 0 Å². The topological polar surface area (TPSA) is 43.8 Å². The minimum Gasteiger partial charge on any atom is -0.387 e. The summed E-state index contributed by atoms with van der Waals surface area (Å²) in [5.41, 5.74) is 0. The second-order valence-corrected chi connectivity index (χ2v) is 6.00. The van der Waals surface area contributed by atoms with Crippen LogP contribution in [0.5, 0.6) is 0 Å². The van der Waals surface area contributed by atoms with Gasteiger partial charge in [-0.05, 0) is 7.05 Å². The molecule has 17 heavy (non-hydrogen) atoms. The third-order valence-corrected chi connectivity index (χ3v) is 4.12. The van der Waals surface area contributed by atoms with Gasteiger partial charge >= 0.3 is 0 Å². The standard InChI is InChI=1S/C12H24N3O2/c1-13-4-6-14(7-5-13)12(17)11-8-10(16)9-15(11,2)3/h10-11,16H,4-9H2,1-3H3/q+1/t10-,11+/m1/s1. The van der Waals surface area contributed by atoms with Crippen LogP contribution in [-0.2, 0) is 4.79 Å². The summed E-state index contributed by atoms with van der Waals surface area (Å²) in [6, 6.07) is -0.0617. The molecule has 5 heteroatoms. The van der Waals surface area contributed by atoms with Gasteiger partial charge in [0.05, 0.1) is 14.1 Å². The Bertz CT molecular complexity index is 298. The predicted octanol–water partition coefficient (Wildman–Crippen LogP) is -1.03. The number of piperazine rings is 1. The average Bonchev–Trinajstić information content (AvgIpc) is 2.52. The summed E-state index contributed by atoms with van der Waals surface area (Å²) >= 11 is 0. The van der Waals surface area contributed by atoms with E-state index in [0.717, 1.165) is 26.2 Å². The molecular formula is C12H24N3O2+. The normalized spacial score (nSPS) is 34.0. The molecule has 1 amide bonds. The molecule has 0 aliphatic carbocycles. The fraction of sp³-hybridized carbons (Fsp3) is 0.917. The third-order valence-electron chi connectivity index (χ3n) is 4.12. The van der Waals surface area contributed by atoms with Crippen LogP contribution in [0, 0.1) is 0 Å². The molecule has 0 spiro atoms. The van der Waals surface area contributed by atoms with Gasteiger partial charge in [-0.1, -0.05) is 0 Å². The summed E-state index contributed by atoms with van der Waals surface area (Å²) in [6.07, 6.45) is 0.282. The van der Waals surface area contributed by atoms with E-state index in [9.17, 15) is 9.90 Å². The van der Waals surface area contributed by atoms with Crippen molar-refractivity contribution in [3.8, 4) is 0 Å². The van der Waals surface area contributed by atoms with Crippen LogP contribution in [0.25, 0.3) is 0 Å². The van der Waals surface area contributed by atoms with E-state index in [1.807, 2.05) is 19.0 Å². The molecule has 0 aromatic rings. The first kappa shape index (κ1) is 12.8. The number of hydrogen-bond donors (Lipinski definition) is 1. The van der Waals surface area contributed by atoms with E-state index in [1.165, 1.54) is 0 Å². The quantitative estimate of drug-likeness (QED) is 0.598. The van der Waals surface area contributed by atoms with E-state index in [1.54, 1.807) is 0 Å². The van der Waals surface area contributed by atoms with Crippen LogP contribution in [0.4, 0.5) is 0 Å². The van der Waals surface area contributed by atoms with Crippen molar-refractivity contribution in [1.82, 2.24) is 9.80 Å². The van der Waals surface area contributed by atoms with Crippen molar-refractivity contribution in [2.75, 3.05) is 53.9 Å². The number of aliphatic hydroxyl groups is 1. The monoisotopic (exact) mass is 242 g/mol. The zero-order valence-electron chi connectivity index (χ0n) is 11.1. The molecule has 98 valence electrons. The molecule has 2 heterocycles. The molecule has 2 rings (SSSR count). The van der Waals surface area contributed by atoms with Crippen molar-refractivity contribution >= 4 is 5.91 Å². The Kier molecular flexibility index (Phi) is 3.43. The summed E-state index contributed by atoms with van der Waals surface area (Å²) in [5, 5.41) is 9.73. The molecule has 2 aliphatic heterocycles. The van der Waals surface area contributed by atoms with Crippen molar-refractivity contribution in [1.29, 1.82) is 0 Å². The molecule has 2 fully saturated rings. The lowest BCUT2D eigenvalue weighted by Crippen LogP contribution is -2.57. The number of likely N-dealkylation sites (tertiary alicyclic amines) is 1. The number of hydrogen-bond acceptors (Lipinski definition) is 3. The number of quaternary nitrogens is 1. The van der Waals surface area contributed by atoms with Crippen molar-refractivity contribution in [2.24, 2.45) is 0 Å². The molecule has 5 nitrogen and oxygen atoms in total. The Morgan fingerprint density at radius 2 is 1.82 bits per heavy atom. The lowest BCUT2D eigenvalue weighted by molar-refractivity contribution is -0.894. The SMILES string of the molecule is CN1CCN(C(=O)[C@@H]2C[C@@H](O)C[N+]2(C)C)CC1. The van der Waals surface area contributed by atoms with Crippen molar-refractivity contribution < 1.29 is 14.4 Å². The van der Waals surface area contributed by atoms with Gasteiger partial charge in [0.2, 0.25) is 0 Å². The Morgan fingerprint density at radius 1 is 1.24 bits per heavy atom. The zero-order chi connectivity index (χ0) is 12.6. The number of nitrogens with zero attached hydrogens (tertiary/aromatic N) is 3. The van der Waals surface area contributed by atoms with Gasteiger partial charge < -0.3 is 19.4 Å². The molecule has 0 aromatic carbocycles. The zero-order valence-corrected chi connectivity index (χ0v) is 11.1. The van der Waals surface area contributed by atoms with Crippen LogP contribution in [0.2, 0.25) is 0 Å². The summed E-state index contributed by atoms with van der Waals surface area (Å²) < 4.78 is 0.617. The summed E-state index contributed by atoms with van der Waals surface area (Å²) in [7, 11) is 6.16. The van der Waals surface area contributed by atoms with Gasteiger partial charge in [-0.2, -0.15) is 0 Å². The molecule has 0 unspecified atom stereocenters. The first-order valence-corrected chi connectivity index (χ1v) is 6.38. The number of likely N-dealkylation sites (N-methyl/N-ethyl adjacent to an activating group) is 2. The van der Waals surface area contributed by atoms with E-state index >= 15 is 0 Å². The van der Waals surface area contributed by atoms with E-state index in [0.29, 0.717) is 17.4 Å². The fourth-order valence-corrected chi connectivity index (χ4v) is 2.93. The number of aliphatic hydroxyl groups excluding tert-OH is 1. The van der Waals surface area contributed by atoms with Crippen molar-refractivity contribution in [3.05, 3.63) is 0 Å². The maximum absolute atomic E-state index is 12.4. The Balaban J connectivity index is 2.00. The molecule has 0 saturated carbocycles. The lowest BCUT2D eigenvalue weighted by Gasteiger charge is -2.37. The molecule has 0 radical (unpaired) electrons. The smallest absolute Gasteiger partial charge is 0.281 e. The molecule has 2 saturated heterocycles. The Hall–Kier alpha value is -0.650. The number of carbonyl (C=O) groups excluding carboxylic acids is 1. The highest BCUT2D eigenvalue weighted by atomic mass is 16.3. The second kappa shape index (κ2) is 4.55. The third kappa shape index (κ3) is 2.61. The van der Waals surface area contributed by atoms with Crippen molar-refractivity contribution in [2.45, 2.75) is 18.6 Å². The fourth-order valence-electron chi connectivity index (χ4n) is 2.93. The summed E-state index contributed by atoms with van der Waals surface area (Å²) in [4.78, 5) is 16.7. The van der Waals surface area contributed by atoms with Gasteiger partial charge in [-0.15, -0.1) is 0 Å². The number of rotatable bonds is 1. The largest absolute Gasteiger partial charge is 0.387 e. The highest BCUT2D eigenvalue weighted by Crippen LogP contribution is 2.24. The van der Waals surface area contributed by atoms with Crippen LogP contribution in [-0.4, -0.2) is 91.3 Å². The van der Waals surface area contributed by atoms with Crippen molar-refractivity contribution in [3.63, 3.8) is 0 Å². The van der Waals surface area contributed by atoms with Gasteiger partial charge in [-0.3, -0.25) is 4.79 Å². The highest BCUT2D eigenvalue weighted by molar-refractivity contribution is 5.81. The first-order chi connectivity index (χ1) is 7.90. The Morgan fingerprint density at radius 3 is 2.29 bits per heavy atom. The molecule has 0 bridgehead atoms. The Labute approximate surface area is 103 Å². The van der Waals surface area contributed by atoms with Gasteiger partial charge in [0.1, 0.15) is 12.6 Å². The van der Waals surface area contributed by atoms with Crippen LogP contribution in [0.3, 0.4) is 0 Å². The average molecular weight is 242 g/mol. The molecule has 0 aromatic heterocycles. The molecule has 2 aliphatic rings. The summed E-state index contributed by atoms with van der Waals surface area (Å²) in [5.74, 6) is 0.222. The molecule has 1 N–H and O–H groups in total. The first-order valence-electron chi connectivity index (χ1n) is 6.38. The summed E-state index contributed by atoms with van der Waals surface area (Å²) in [6.45, 7) is 4.23. The van der Waals surface area contributed by atoms with Gasteiger partial charge in [-0.25, -0.2) is 0 Å². The van der Waals surface area contributed by atoms with Crippen LogP contribution < -0.4 is 0 Å². The molecular weight excluding hydrogens is 218 g/mol. The van der Waals surface area contributed by atoms with E-state index in [-0.39, 0.29) is 18.1 Å². The van der Waals surface area contributed by atoms with Crippen LogP contribution in [0.15, 0.2) is 0 Å². The van der Waals surface area contributed by atoms with Crippen LogP contribution >= 0.6 is 0 Å². The molecule has 2 atom stereocenters. The maximum atomic E-state index is 12.4. The second-order valence-electron chi connectivity index (χ2n) is 6.00. The van der Waals surface area contributed by atoms with Gasteiger partial charge in [0.25, 0.3) is 5.91 Å².